The van der Waals surface area contributed by atoms with Crippen molar-refractivity contribution in [1.29, 1.82) is 0 Å². The van der Waals surface area contributed by atoms with Gasteiger partial charge in [-0.05, 0) is 71.8 Å². The van der Waals surface area contributed by atoms with E-state index < -0.39 is 11.9 Å². The zero-order valence-electron chi connectivity index (χ0n) is 12.1. The number of carboxylic acid groups (broad SMARTS) is 2. The van der Waals surface area contributed by atoms with E-state index in [0.717, 1.165) is 14.7 Å². The fourth-order valence-corrected chi connectivity index (χ4v) is 2.19. The number of hydrogen-bond donors (Lipinski definition) is 3. The molecule has 116 valence electrons. The molecule has 0 aliphatic carbocycles. The smallest absolute Gasteiger partial charge is 0.336 e. The molecule has 0 radical (unpaired) electrons. The van der Waals surface area contributed by atoms with Crippen molar-refractivity contribution < 1.29 is 19.8 Å². The van der Waals surface area contributed by atoms with Crippen LogP contribution in [-0.2, 0) is 0 Å². The molecule has 0 aliphatic rings. The minimum atomic E-state index is -0.935. The summed E-state index contributed by atoms with van der Waals surface area (Å²) < 4.78 is 0.950. The van der Waals surface area contributed by atoms with Crippen molar-refractivity contribution in [3.63, 3.8) is 0 Å². The highest BCUT2D eigenvalue weighted by Gasteiger charge is 2.06. The highest BCUT2D eigenvalue weighted by molar-refractivity contribution is 14.1. The van der Waals surface area contributed by atoms with Gasteiger partial charge in [0.25, 0.3) is 0 Å². The van der Waals surface area contributed by atoms with Crippen LogP contribution in [0.25, 0.3) is 0 Å². The Morgan fingerprint density at radius 1 is 0.909 bits per heavy atom. The molecular formula is C16H16INO4. The van der Waals surface area contributed by atoms with Gasteiger partial charge >= 0.3 is 11.9 Å². The topological polar surface area (TPSA) is 101 Å². The zero-order chi connectivity index (χ0) is 16.9. The maximum absolute atomic E-state index is 10.6. The fraction of sp³-hybridized carbons (Fsp3) is 0.125. The molecule has 0 amide bonds. The SMILES string of the molecule is Cc1ccc(I)cc1C(=O)O.Cc1ccc(N)cc1C(=O)O. The highest BCUT2D eigenvalue weighted by Crippen LogP contribution is 2.13. The van der Waals surface area contributed by atoms with Crippen molar-refractivity contribution in [3.05, 3.63) is 62.2 Å². The molecule has 0 aromatic heterocycles. The molecule has 6 heteroatoms. The quantitative estimate of drug-likeness (QED) is 0.516. The lowest BCUT2D eigenvalue weighted by molar-refractivity contribution is 0.0685. The molecule has 0 heterocycles. The van der Waals surface area contributed by atoms with Crippen molar-refractivity contribution in [2.45, 2.75) is 13.8 Å². The van der Waals surface area contributed by atoms with Crippen LogP contribution in [0.5, 0.6) is 0 Å². The van der Waals surface area contributed by atoms with Crippen molar-refractivity contribution in [2.75, 3.05) is 5.73 Å². The summed E-state index contributed by atoms with van der Waals surface area (Å²) in [6, 6.07) is 10.2. The molecule has 0 fully saturated rings. The van der Waals surface area contributed by atoms with Gasteiger partial charge in [-0.2, -0.15) is 0 Å². The molecule has 0 aliphatic heterocycles. The molecule has 2 aromatic carbocycles. The molecule has 0 atom stereocenters. The van der Waals surface area contributed by atoms with Crippen molar-refractivity contribution in [1.82, 2.24) is 0 Å². The number of carbonyl (C=O) groups is 2. The number of aryl methyl sites for hydroxylation is 2. The zero-order valence-corrected chi connectivity index (χ0v) is 14.3. The summed E-state index contributed by atoms with van der Waals surface area (Å²) >= 11 is 2.09. The Morgan fingerprint density at radius 3 is 1.77 bits per heavy atom. The fourth-order valence-electron chi connectivity index (χ4n) is 1.69. The first-order chi connectivity index (χ1) is 10.2. The molecule has 0 unspecified atom stereocenters. The van der Waals surface area contributed by atoms with Crippen LogP contribution >= 0.6 is 22.6 Å². The van der Waals surface area contributed by atoms with E-state index in [1.54, 1.807) is 32.0 Å². The third kappa shape index (κ3) is 5.03. The largest absolute Gasteiger partial charge is 0.478 e. The average Bonchev–Trinajstić information content (AvgIpc) is 2.44. The van der Waals surface area contributed by atoms with Crippen LogP contribution in [0, 0.1) is 17.4 Å². The summed E-state index contributed by atoms with van der Waals surface area (Å²) in [6.45, 7) is 3.53. The van der Waals surface area contributed by atoms with Gasteiger partial charge in [-0.1, -0.05) is 12.1 Å². The van der Waals surface area contributed by atoms with Crippen LogP contribution < -0.4 is 5.73 Å². The highest BCUT2D eigenvalue weighted by atomic mass is 127. The van der Waals surface area contributed by atoms with Crippen LogP contribution in [0.2, 0.25) is 0 Å². The average molecular weight is 413 g/mol. The van der Waals surface area contributed by atoms with E-state index in [-0.39, 0.29) is 5.56 Å². The number of carboxylic acids is 2. The normalized spacial score (nSPS) is 9.59. The Labute approximate surface area is 141 Å². The molecule has 2 aromatic rings. The predicted octanol–water partition coefficient (Wildman–Crippen LogP) is 3.57. The van der Waals surface area contributed by atoms with Gasteiger partial charge in [0.05, 0.1) is 11.1 Å². The van der Waals surface area contributed by atoms with Crippen LogP contribution in [0.15, 0.2) is 36.4 Å². The maximum Gasteiger partial charge on any atom is 0.336 e. The number of halogens is 1. The van der Waals surface area contributed by atoms with Gasteiger partial charge < -0.3 is 15.9 Å². The number of anilines is 1. The van der Waals surface area contributed by atoms with E-state index in [2.05, 4.69) is 22.6 Å². The van der Waals surface area contributed by atoms with Gasteiger partial charge in [-0.15, -0.1) is 0 Å². The monoisotopic (exact) mass is 413 g/mol. The molecule has 0 spiro atoms. The second-order valence-corrected chi connectivity index (χ2v) is 5.89. The summed E-state index contributed by atoms with van der Waals surface area (Å²) in [5.41, 5.74) is 8.07. The van der Waals surface area contributed by atoms with E-state index in [0.29, 0.717) is 11.3 Å². The summed E-state index contributed by atoms with van der Waals surface area (Å²) in [6.07, 6.45) is 0. The van der Waals surface area contributed by atoms with Gasteiger partial charge in [0.15, 0.2) is 0 Å². The van der Waals surface area contributed by atoms with E-state index >= 15 is 0 Å². The number of aromatic carboxylic acids is 2. The number of benzene rings is 2. The summed E-state index contributed by atoms with van der Waals surface area (Å²) in [4.78, 5) is 21.1. The molecule has 22 heavy (non-hydrogen) atoms. The van der Waals surface area contributed by atoms with E-state index in [4.69, 9.17) is 15.9 Å². The Balaban J connectivity index is 0.000000220. The lowest BCUT2D eigenvalue weighted by Crippen LogP contribution is -2.00. The molecule has 0 bridgehead atoms. The number of nitrogens with two attached hydrogens (primary N) is 1. The van der Waals surface area contributed by atoms with Crippen molar-refractivity contribution >= 4 is 40.2 Å². The number of nitrogen functional groups attached to an aromatic ring is 1. The third-order valence-corrected chi connectivity index (χ3v) is 3.59. The Kier molecular flexibility index (Phi) is 6.36. The Bertz CT molecular complexity index is 652. The Morgan fingerprint density at radius 2 is 1.36 bits per heavy atom. The first-order valence-electron chi connectivity index (χ1n) is 6.31. The first kappa shape index (κ1) is 18.0. The van der Waals surface area contributed by atoms with Gasteiger partial charge in [0, 0.05) is 9.26 Å². The van der Waals surface area contributed by atoms with E-state index in [1.165, 1.54) is 6.07 Å². The second-order valence-electron chi connectivity index (χ2n) is 4.64. The summed E-state index contributed by atoms with van der Waals surface area (Å²) in [7, 11) is 0. The standard InChI is InChI=1S/C8H7IO2.C8H9NO2/c2*1-5-2-3-6(9)4-7(5)8(10)11/h2-4H,1H3,(H,10,11);2-4H,9H2,1H3,(H,10,11). The first-order valence-corrected chi connectivity index (χ1v) is 7.39. The van der Waals surface area contributed by atoms with Crippen molar-refractivity contribution in [3.8, 4) is 0 Å². The van der Waals surface area contributed by atoms with Gasteiger partial charge in [-0.25, -0.2) is 9.59 Å². The molecule has 0 saturated carbocycles. The lowest BCUT2D eigenvalue weighted by atomic mass is 10.1. The predicted molar refractivity (Wildman–Crippen MR) is 93.4 cm³/mol. The minimum Gasteiger partial charge on any atom is -0.478 e. The number of rotatable bonds is 2. The number of hydrogen-bond acceptors (Lipinski definition) is 3. The van der Waals surface area contributed by atoms with E-state index in [1.807, 2.05) is 12.1 Å². The minimum absolute atomic E-state index is 0.269. The maximum atomic E-state index is 10.6. The van der Waals surface area contributed by atoms with Crippen molar-refractivity contribution in [2.24, 2.45) is 0 Å². The van der Waals surface area contributed by atoms with E-state index in [9.17, 15) is 9.59 Å². The molecule has 4 N–H and O–H groups in total. The molecule has 0 saturated heterocycles. The van der Waals surface area contributed by atoms with Crippen LogP contribution in [-0.4, -0.2) is 22.2 Å². The Hall–Kier alpha value is -2.09. The summed E-state index contributed by atoms with van der Waals surface area (Å²) in [5, 5.41) is 17.3. The van der Waals surface area contributed by atoms with Crippen LogP contribution in [0.3, 0.4) is 0 Å². The third-order valence-electron chi connectivity index (χ3n) is 2.92. The van der Waals surface area contributed by atoms with Gasteiger partial charge in [0.1, 0.15) is 0 Å². The van der Waals surface area contributed by atoms with Gasteiger partial charge in [0.2, 0.25) is 0 Å². The van der Waals surface area contributed by atoms with Crippen LogP contribution in [0.4, 0.5) is 5.69 Å². The van der Waals surface area contributed by atoms with Gasteiger partial charge in [-0.3, -0.25) is 0 Å². The molecule has 2 rings (SSSR count). The molecule has 5 nitrogen and oxygen atoms in total. The van der Waals surface area contributed by atoms with Crippen LogP contribution in [0.1, 0.15) is 31.8 Å². The molecular weight excluding hydrogens is 397 g/mol. The summed E-state index contributed by atoms with van der Waals surface area (Å²) in [5.74, 6) is -1.80. The lowest BCUT2D eigenvalue weighted by Gasteiger charge is -2.00. The second kappa shape index (κ2) is 7.79.